The van der Waals surface area contributed by atoms with Gasteiger partial charge in [0.15, 0.2) is 5.11 Å². The summed E-state index contributed by atoms with van der Waals surface area (Å²) in [6, 6.07) is 8.83. The van der Waals surface area contributed by atoms with Crippen LogP contribution >= 0.6 is 12.2 Å². The fraction of sp³-hybridized carbons (Fsp3) is 0.278. The smallest absolute Gasteiger partial charge is 0.257 e. The van der Waals surface area contributed by atoms with Crippen molar-refractivity contribution in [3.63, 3.8) is 0 Å². The van der Waals surface area contributed by atoms with Crippen LogP contribution in [-0.2, 0) is 6.54 Å². The first-order valence-corrected chi connectivity index (χ1v) is 8.42. The van der Waals surface area contributed by atoms with Gasteiger partial charge < -0.3 is 14.8 Å². The molecule has 0 aliphatic carbocycles. The molecule has 2 aromatic rings. The number of pyridine rings is 1. The topological polar surface area (TPSA) is 72.5 Å². The third-order valence-electron chi connectivity index (χ3n) is 3.17. The van der Waals surface area contributed by atoms with Crippen molar-refractivity contribution in [2.45, 2.75) is 20.4 Å². The maximum Gasteiger partial charge on any atom is 0.257 e. The molecule has 132 valence electrons. The Balaban J connectivity index is 2.00. The Morgan fingerprint density at radius 1 is 1.16 bits per heavy atom. The minimum absolute atomic E-state index is 0.244. The van der Waals surface area contributed by atoms with E-state index in [1.54, 1.807) is 30.6 Å². The lowest BCUT2D eigenvalue weighted by Gasteiger charge is -2.12. The first-order valence-electron chi connectivity index (χ1n) is 8.01. The van der Waals surface area contributed by atoms with Crippen molar-refractivity contribution < 1.29 is 14.3 Å². The Morgan fingerprint density at radius 2 is 1.84 bits per heavy atom. The lowest BCUT2D eigenvalue weighted by Crippen LogP contribution is -2.38. The number of hydrogen-bond donors (Lipinski definition) is 2. The highest BCUT2D eigenvalue weighted by Crippen LogP contribution is 2.23. The molecule has 0 fully saturated rings. The summed E-state index contributed by atoms with van der Waals surface area (Å²) in [4.78, 5) is 16.4. The van der Waals surface area contributed by atoms with Crippen molar-refractivity contribution in [1.29, 1.82) is 0 Å². The number of carbonyl (C=O) groups is 1. The summed E-state index contributed by atoms with van der Waals surface area (Å²) in [5.41, 5.74) is 1.39. The average molecular weight is 359 g/mol. The lowest BCUT2D eigenvalue weighted by atomic mass is 10.2. The summed E-state index contributed by atoms with van der Waals surface area (Å²) in [6.07, 6.45) is 3.43. The molecule has 1 aromatic carbocycles. The number of amides is 1. The zero-order valence-corrected chi connectivity index (χ0v) is 15.1. The zero-order chi connectivity index (χ0) is 18.1. The molecule has 1 heterocycles. The standard InChI is InChI=1S/C18H21N3O3S/c1-3-23-15-8-14(9-16(10-15)24-4-2)17(22)21-18(25)20-12-13-6-5-7-19-11-13/h5-11H,3-4,12H2,1-2H3,(H2,20,21,22,25). The number of ether oxygens (including phenoxy) is 2. The van der Waals surface area contributed by atoms with Crippen LogP contribution in [0.15, 0.2) is 42.7 Å². The molecular formula is C18H21N3O3S. The van der Waals surface area contributed by atoms with E-state index >= 15 is 0 Å². The monoisotopic (exact) mass is 359 g/mol. The van der Waals surface area contributed by atoms with Gasteiger partial charge in [-0.25, -0.2) is 0 Å². The maximum atomic E-state index is 12.4. The van der Waals surface area contributed by atoms with Gasteiger partial charge in [0.1, 0.15) is 11.5 Å². The van der Waals surface area contributed by atoms with Gasteiger partial charge >= 0.3 is 0 Å². The van der Waals surface area contributed by atoms with Crippen LogP contribution in [0.5, 0.6) is 11.5 Å². The van der Waals surface area contributed by atoms with E-state index in [2.05, 4.69) is 15.6 Å². The number of hydrogen-bond acceptors (Lipinski definition) is 5. The Kier molecular flexibility index (Phi) is 7.16. The summed E-state index contributed by atoms with van der Waals surface area (Å²) in [5.74, 6) is 0.826. The Morgan fingerprint density at radius 3 is 2.40 bits per heavy atom. The SMILES string of the molecule is CCOc1cc(OCC)cc(C(=O)NC(=S)NCc2cccnc2)c1. The number of carbonyl (C=O) groups excluding carboxylic acids is 1. The first kappa shape index (κ1) is 18.7. The molecule has 25 heavy (non-hydrogen) atoms. The van der Waals surface area contributed by atoms with E-state index in [1.165, 1.54) is 0 Å². The van der Waals surface area contributed by atoms with Crippen molar-refractivity contribution >= 4 is 23.2 Å². The predicted octanol–water partition coefficient (Wildman–Crippen LogP) is 2.68. The molecule has 0 atom stereocenters. The Labute approximate surface area is 152 Å². The summed E-state index contributed by atoms with van der Waals surface area (Å²) in [6.45, 7) is 5.24. The lowest BCUT2D eigenvalue weighted by molar-refractivity contribution is 0.0975. The highest BCUT2D eigenvalue weighted by atomic mass is 32.1. The number of thiocarbonyl (C=S) groups is 1. The molecule has 0 saturated heterocycles. The van der Waals surface area contributed by atoms with Crippen molar-refractivity contribution in [2.75, 3.05) is 13.2 Å². The molecule has 1 amide bonds. The average Bonchev–Trinajstić information content (AvgIpc) is 2.61. The number of benzene rings is 1. The number of rotatable bonds is 7. The predicted molar refractivity (Wildman–Crippen MR) is 99.9 cm³/mol. The van der Waals surface area contributed by atoms with Crippen molar-refractivity contribution in [3.05, 3.63) is 53.9 Å². The molecule has 0 saturated carbocycles. The van der Waals surface area contributed by atoms with Gasteiger partial charge in [0, 0.05) is 30.6 Å². The van der Waals surface area contributed by atoms with Crippen LogP contribution in [0.2, 0.25) is 0 Å². The Hall–Kier alpha value is -2.67. The van der Waals surface area contributed by atoms with Crippen LogP contribution in [0, 0.1) is 0 Å². The largest absolute Gasteiger partial charge is 0.494 e. The summed E-state index contributed by atoms with van der Waals surface area (Å²) >= 11 is 5.17. The number of nitrogens with one attached hydrogen (secondary N) is 2. The van der Waals surface area contributed by atoms with Crippen molar-refractivity contribution in [2.24, 2.45) is 0 Å². The normalized spacial score (nSPS) is 10.0. The minimum Gasteiger partial charge on any atom is -0.494 e. The molecule has 6 nitrogen and oxygen atoms in total. The van der Waals surface area contributed by atoms with Gasteiger partial charge in [-0.2, -0.15) is 0 Å². The zero-order valence-electron chi connectivity index (χ0n) is 14.2. The Bertz CT molecular complexity index is 699. The van der Waals surface area contributed by atoms with E-state index in [-0.39, 0.29) is 11.0 Å². The highest BCUT2D eigenvalue weighted by Gasteiger charge is 2.12. The second-order valence-corrected chi connectivity index (χ2v) is 5.47. The van der Waals surface area contributed by atoms with Gasteiger partial charge in [0.25, 0.3) is 5.91 Å². The first-order chi connectivity index (χ1) is 12.1. The molecule has 1 aromatic heterocycles. The van der Waals surface area contributed by atoms with Crippen LogP contribution in [0.1, 0.15) is 29.8 Å². The van der Waals surface area contributed by atoms with Crippen LogP contribution in [0.3, 0.4) is 0 Å². The van der Waals surface area contributed by atoms with Crippen molar-refractivity contribution in [1.82, 2.24) is 15.6 Å². The second kappa shape index (κ2) is 9.58. The minimum atomic E-state index is -0.328. The van der Waals surface area contributed by atoms with Crippen LogP contribution in [-0.4, -0.2) is 29.2 Å². The molecule has 0 bridgehead atoms. The summed E-state index contributed by atoms with van der Waals surface area (Å²) in [5, 5.41) is 5.88. The van der Waals surface area contributed by atoms with Crippen LogP contribution in [0.4, 0.5) is 0 Å². The fourth-order valence-electron chi connectivity index (χ4n) is 2.11. The summed E-state index contributed by atoms with van der Waals surface area (Å²) in [7, 11) is 0. The van der Waals surface area contributed by atoms with Crippen LogP contribution < -0.4 is 20.1 Å². The third-order valence-corrected chi connectivity index (χ3v) is 3.41. The fourth-order valence-corrected chi connectivity index (χ4v) is 2.27. The van der Waals surface area contributed by atoms with E-state index in [1.807, 2.05) is 26.0 Å². The molecule has 2 N–H and O–H groups in total. The van der Waals surface area contributed by atoms with Gasteiger partial charge in [-0.3, -0.25) is 15.1 Å². The molecule has 0 unspecified atom stereocenters. The molecule has 0 aliphatic heterocycles. The maximum absolute atomic E-state index is 12.4. The number of nitrogens with zero attached hydrogens (tertiary/aromatic N) is 1. The second-order valence-electron chi connectivity index (χ2n) is 5.06. The van der Waals surface area contributed by atoms with Gasteiger partial charge in [-0.05, 0) is 49.8 Å². The molecule has 0 aliphatic rings. The summed E-state index contributed by atoms with van der Waals surface area (Å²) < 4.78 is 11.0. The van der Waals surface area contributed by atoms with Gasteiger partial charge in [0.2, 0.25) is 0 Å². The van der Waals surface area contributed by atoms with Crippen LogP contribution in [0.25, 0.3) is 0 Å². The van der Waals surface area contributed by atoms with Gasteiger partial charge in [0.05, 0.1) is 13.2 Å². The number of aromatic nitrogens is 1. The quantitative estimate of drug-likeness (QED) is 0.741. The highest BCUT2D eigenvalue weighted by molar-refractivity contribution is 7.80. The molecule has 0 radical (unpaired) electrons. The molecule has 7 heteroatoms. The van der Waals surface area contributed by atoms with E-state index in [0.29, 0.717) is 36.8 Å². The van der Waals surface area contributed by atoms with E-state index in [0.717, 1.165) is 5.56 Å². The molecule has 0 spiro atoms. The van der Waals surface area contributed by atoms with E-state index < -0.39 is 0 Å². The molecule has 2 rings (SSSR count). The van der Waals surface area contributed by atoms with Crippen molar-refractivity contribution in [3.8, 4) is 11.5 Å². The van der Waals surface area contributed by atoms with E-state index in [9.17, 15) is 4.79 Å². The van der Waals surface area contributed by atoms with E-state index in [4.69, 9.17) is 21.7 Å². The molecular weight excluding hydrogens is 338 g/mol. The third kappa shape index (κ3) is 6.04. The van der Waals surface area contributed by atoms with Gasteiger partial charge in [-0.15, -0.1) is 0 Å². The van der Waals surface area contributed by atoms with Gasteiger partial charge in [-0.1, -0.05) is 6.07 Å².